The number of benzene rings is 2. The molecule has 1 aromatic heterocycles. The van der Waals surface area contributed by atoms with Crippen LogP contribution in [0.15, 0.2) is 48.5 Å². The first-order chi connectivity index (χ1) is 13.3. The van der Waals surface area contributed by atoms with Crippen molar-refractivity contribution in [2.75, 3.05) is 5.32 Å². The molecule has 146 valence electrons. The van der Waals surface area contributed by atoms with Gasteiger partial charge in [0.2, 0.25) is 11.8 Å². The summed E-state index contributed by atoms with van der Waals surface area (Å²) in [6, 6.07) is 11.8. The van der Waals surface area contributed by atoms with Crippen LogP contribution in [0.5, 0.6) is 0 Å². The van der Waals surface area contributed by atoms with Crippen molar-refractivity contribution in [1.82, 2.24) is 15.3 Å². The molecule has 0 saturated heterocycles. The summed E-state index contributed by atoms with van der Waals surface area (Å²) in [5.41, 5.74) is 0.816. The van der Waals surface area contributed by atoms with Gasteiger partial charge in [0.15, 0.2) is 0 Å². The van der Waals surface area contributed by atoms with Gasteiger partial charge in [0.1, 0.15) is 5.82 Å². The Morgan fingerprint density at radius 3 is 2.50 bits per heavy atom. The van der Waals surface area contributed by atoms with Gasteiger partial charge in [-0.3, -0.25) is 9.59 Å². The van der Waals surface area contributed by atoms with E-state index in [1.165, 1.54) is 12.1 Å². The number of imidazole rings is 1. The highest BCUT2D eigenvalue weighted by Crippen LogP contribution is 2.30. The molecule has 0 atom stereocenters. The topological polar surface area (TPSA) is 86.9 Å². The molecule has 0 aliphatic carbocycles. The Hall–Kier alpha value is -3.36. The Morgan fingerprint density at radius 1 is 1.00 bits per heavy atom. The molecule has 3 rings (SSSR count). The van der Waals surface area contributed by atoms with E-state index in [-0.39, 0.29) is 31.0 Å². The third-order valence-electron chi connectivity index (χ3n) is 3.94. The molecule has 0 aliphatic heterocycles. The normalized spacial score (nSPS) is 11.4. The zero-order chi connectivity index (χ0) is 20.1. The smallest absolute Gasteiger partial charge is 0.349 e. The average molecular weight is 390 g/mol. The summed E-state index contributed by atoms with van der Waals surface area (Å²) in [5, 5.41) is 5.01. The molecule has 3 aromatic rings. The van der Waals surface area contributed by atoms with Crippen LogP contribution in [0.1, 0.15) is 24.2 Å². The van der Waals surface area contributed by atoms with Gasteiger partial charge in [-0.25, -0.2) is 4.98 Å². The van der Waals surface area contributed by atoms with E-state index in [1.807, 2.05) is 24.3 Å². The van der Waals surface area contributed by atoms with Crippen LogP contribution in [-0.2, 0) is 22.3 Å². The second-order valence-corrected chi connectivity index (χ2v) is 6.10. The molecular formula is C19H17F3N4O2. The van der Waals surface area contributed by atoms with E-state index in [2.05, 4.69) is 20.6 Å². The SMILES string of the molecule is O=C(CCC(=O)Nc1cccc(C(F)(F)F)c1)NCc1nc2ccccc2[nH]1. The summed E-state index contributed by atoms with van der Waals surface area (Å²) in [4.78, 5) is 31.2. The van der Waals surface area contributed by atoms with Crippen LogP contribution in [0.25, 0.3) is 11.0 Å². The van der Waals surface area contributed by atoms with E-state index in [9.17, 15) is 22.8 Å². The van der Waals surface area contributed by atoms with Gasteiger partial charge in [-0.15, -0.1) is 0 Å². The maximum Gasteiger partial charge on any atom is 0.416 e. The maximum absolute atomic E-state index is 12.7. The lowest BCUT2D eigenvalue weighted by Crippen LogP contribution is -2.25. The number of hydrogen-bond donors (Lipinski definition) is 3. The number of H-pyrrole nitrogens is 1. The van der Waals surface area contributed by atoms with Crippen molar-refractivity contribution in [3.63, 3.8) is 0 Å². The van der Waals surface area contributed by atoms with Crippen molar-refractivity contribution < 1.29 is 22.8 Å². The Morgan fingerprint density at radius 2 is 1.75 bits per heavy atom. The largest absolute Gasteiger partial charge is 0.416 e. The number of anilines is 1. The van der Waals surface area contributed by atoms with Gasteiger partial charge in [0.25, 0.3) is 0 Å². The number of para-hydroxylation sites is 2. The monoisotopic (exact) mass is 390 g/mol. The van der Waals surface area contributed by atoms with Gasteiger partial charge in [-0.2, -0.15) is 13.2 Å². The van der Waals surface area contributed by atoms with E-state index in [1.54, 1.807) is 0 Å². The quantitative estimate of drug-likeness (QED) is 0.601. The van der Waals surface area contributed by atoms with Crippen molar-refractivity contribution in [2.45, 2.75) is 25.6 Å². The minimum Gasteiger partial charge on any atom is -0.349 e. The fourth-order valence-corrected chi connectivity index (χ4v) is 2.58. The van der Waals surface area contributed by atoms with Gasteiger partial charge >= 0.3 is 6.18 Å². The number of alkyl halides is 3. The molecule has 0 bridgehead atoms. The second kappa shape index (κ2) is 8.12. The number of nitrogens with one attached hydrogen (secondary N) is 3. The van der Waals surface area contributed by atoms with Crippen LogP contribution in [0.4, 0.5) is 18.9 Å². The Bertz CT molecular complexity index is 965. The lowest BCUT2D eigenvalue weighted by molar-refractivity contribution is -0.137. The molecule has 0 saturated carbocycles. The van der Waals surface area contributed by atoms with Gasteiger partial charge < -0.3 is 15.6 Å². The highest BCUT2D eigenvalue weighted by molar-refractivity contribution is 5.93. The Balaban J connectivity index is 1.46. The van der Waals surface area contributed by atoms with E-state index >= 15 is 0 Å². The Kier molecular flexibility index (Phi) is 5.62. The molecule has 0 radical (unpaired) electrons. The predicted octanol–water partition coefficient (Wildman–Crippen LogP) is 3.62. The zero-order valence-electron chi connectivity index (χ0n) is 14.6. The molecule has 2 aromatic carbocycles. The third kappa shape index (κ3) is 5.09. The van der Waals surface area contributed by atoms with Crippen LogP contribution in [-0.4, -0.2) is 21.8 Å². The number of halogens is 3. The molecule has 1 heterocycles. The van der Waals surface area contributed by atoms with Gasteiger partial charge in [-0.1, -0.05) is 18.2 Å². The second-order valence-electron chi connectivity index (χ2n) is 6.10. The van der Waals surface area contributed by atoms with Crippen molar-refractivity contribution in [2.24, 2.45) is 0 Å². The third-order valence-corrected chi connectivity index (χ3v) is 3.94. The predicted molar refractivity (Wildman–Crippen MR) is 97.2 cm³/mol. The van der Waals surface area contributed by atoms with E-state index in [0.717, 1.165) is 23.2 Å². The average Bonchev–Trinajstić information content (AvgIpc) is 3.07. The zero-order valence-corrected chi connectivity index (χ0v) is 14.6. The van der Waals surface area contributed by atoms with Crippen LogP contribution >= 0.6 is 0 Å². The van der Waals surface area contributed by atoms with Crippen LogP contribution in [0.3, 0.4) is 0 Å². The van der Waals surface area contributed by atoms with Gasteiger partial charge in [0, 0.05) is 18.5 Å². The molecule has 6 nitrogen and oxygen atoms in total. The first kappa shape index (κ1) is 19.4. The fraction of sp³-hybridized carbons (Fsp3) is 0.211. The van der Waals surface area contributed by atoms with Crippen LogP contribution < -0.4 is 10.6 Å². The fourth-order valence-electron chi connectivity index (χ4n) is 2.58. The number of rotatable bonds is 6. The molecule has 0 unspecified atom stereocenters. The summed E-state index contributed by atoms with van der Waals surface area (Å²) in [7, 11) is 0. The summed E-state index contributed by atoms with van der Waals surface area (Å²) in [5.74, 6) is -0.319. The molecule has 0 aliphatic rings. The summed E-state index contributed by atoms with van der Waals surface area (Å²) in [6.07, 6.45) is -4.73. The molecule has 0 fully saturated rings. The van der Waals surface area contributed by atoms with Crippen molar-refractivity contribution in [3.05, 3.63) is 59.9 Å². The summed E-state index contributed by atoms with van der Waals surface area (Å²) < 4.78 is 38.0. The highest BCUT2D eigenvalue weighted by Gasteiger charge is 2.30. The number of carbonyl (C=O) groups excluding carboxylic acids is 2. The molecule has 9 heteroatoms. The van der Waals surface area contributed by atoms with Crippen molar-refractivity contribution in [3.8, 4) is 0 Å². The van der Waals surface area contributed by atoms with Crippen molar-refractivity contribution >= 4 is 28.5 Å². The standard InChI is InChI=1S/C19H17F3N4O2/c20-19(21,22)12-4-3-5-13(10-12)24-18(28)9-8-17(27)23-11-16-25-14-6-1-2-7-15(14)26-16/h1-7,10H,8-9,11H2,(H,23,27)(H,24,28)(H,25,26). The number of amides is 2. The minimum atomic E-state index is -4.49. The number of hydrogen-bond acceptors (Lipinski definition) is 3. The van der Waals surface area contributed by atoms with Gasteiger partial charge in [0.05, 0.1) is 23.1 Å². The van der Waals surface area contributed by atoms with Crippen molar-refractivity contribution in [1.29, 1.82) is 0 Å². The summed E-state index contributed by atoms with van der Waals surface area (Å²) in [6.45, 7) is 0.183. The molecular weight excluding hydrogens is 373 g/mol. The van der Waals surface area contributed by atoms with Crippen LogP contribution in [0.2, 0.25) is 0 Å². The summed E-state index contributed by atoms with van der Waals surface area (Å²) >= 11 is 0. The molecule has 0 spiro atoms. The lowest BCUT2D eigenvalue weighted by Gasteiger charge is -2.10. The number of aromatic nitrogens is 2. The maximum atomic E-state index is 12.7. The number of fused-ring (bicyclic) bond motifs is 1. The van der Waals surface area contributed by atoms with Gasteiger partial charge in [-0.05, 0) is 30.3 Å². The molecule has 2 amide bonds. The first-order valence-corrected chi connectivity index (χ1v) is 8.49. The lowest BCUT2D eigenvalue weighted by atomic mass is 10.2. The molecule has 3 N–H and O–H groups in total. The van der Waals surface area contributed by atoms with E-state index in [0.29, 0.717) is 5.82 Å². The minimum absolute atomic E-state index is 0.0301. The van der Waals surface area contributed by atoms with E-state index < -0.39 is 17.6 Å². The number of aromatic amines is 1. The first-order valence-electron chi connectivity index (χ1n) is 8.49. The van der Waals surface area contributed by atoms with E-state index in [4.69, 9.17) is 0 Å². The Labute approximate surface area is 158 Å². The molecule has 28 heavy (non-hydrogen) atoms. The number of carbonyl (C=O) groups is 2. The highest BCUT2D eigenvalue weighted by atomic mass is 19.4. The van der Waals surface area contributed by atoms with Crippen LogP contribution in [0, 0.1) is 0 Å². The number of nitrogens with zero attached hydrogens (tertiary/aromatic N) is 1.